The highest BCUT2D eigenvalue weighted by atomic mass is 79.9. The van der Waals surface area contributed by atoms with Gasteiger partial charge in [-0.25, -0.2) is 0 Å². The van der Waals surface area contributed by atoms with Crippen LogP contribution in [0.5, 0.6) is 0 Å². The molecule has 4 heteroatoms. The first-order valence-corrected chi connectivity index (χ1v) is 6.22. The zero-order valence-electron chi connectivity index (χ0n) is 7.46. The smallest absolute Gasteiger partial charge is 0.0716 e. The molecule has 0 aliphatic carbocycles. The van der Waals surface area contributed by atoms with Gasteiger partial charge in [0, 0.05) is 21.3 Å². The third kappa shape index (κ3) is 1.43. The first-order chi connectivity index (χ1) is 6.77. The summed E-state index contributed by atoms with van der Waals surface area (Å²) in [5.74, 6) is 0. The molecule has 0 saturated carbocycles. The highest BCUT2D eigenvalue weighted by Gasteiger charge is 2.09. The molecule has 0 aliphatic rings. The fraction of sp³-hybridized carbons (Fsp3) is 0.200. The van der Waals surface area contributed by atoms with E-state index in [0.29, 0.717) is 5.69 Å². The van der Waals surface area contributed by atoms with Crippen LogP contribution in [0.4, 0.5) is 5.69 Å². The largest absolute Gasteiger partial charge is 0.398 e. The average Bonchev–Trinajstić information content (AvgIpc) is 2.65. The van der Waals surface area contributed by atoms with Crippen molar-refractivity contribution in [3.05, 3.63) is 28.6 Å². The number of alkyl halides is 1. The molecule has 74 valence electrons. The number of nitrogen functional groups attached to an aromatic ring is 1. The van der Waals surface area contributed by atoms with Crippen molar-refractivity contribution in [2.24, 2.45) is 0 Å². The van der Waals surface area contributed by atoms with Crippen LogP contribution in [0.3, 0.4) is 0 Å². The van der Waals surface area contributed by atoms with Crippen molar-refractivity contribution in [3.8, 4) is 0 Å². The number of anilines is 1. The van der Waals surface area contributed by atoms with Gasteiger partial charge in [-0.1, -0.05) is 15.9 Å². The highest BCUT2D eigenvalue weighted by molar-refractivity contribution is 9.08. The molecule has 1 aromatic heterocycles. The van der Waals surface area contributed by atoms with E-state index >= 15 is 0 Å². The van der Waals surface area contributed by atoms with E-state index < -0.39 is 0 Å². The molecule has 2 rings (SSSR count). The van der Waals surface area contributed by atoms with Crippen LogP contribution in [0, 0.1) is 0 Å². The van der Waals surface area contributed by atoms with Gasteiger partial charge in [-0.2, -0.15) is 0 Å². The van der Waals surface area contributed by atoms with Gasteiger partial charge in [-0.15, -0.1) is 11.3 Å². The molecule has 0 amide bonds. The van der Waals surface area contributed by atoms with Crippen LogP contribution in [0.2, 0.25) is 0 Å². The summed E-state index contributed by atoms with van der Waals surface area (Å²) < 4.78 is 1.10. The first-order valence-electron chi connectivity index (χ1n) is 4.22. The Kier molecular flexibility index (Phi) is 2.76. The number of aliphatic hydroxyl groups excluding tert-OH is 1. The number of hydrogen-bond acceptors (Lipinski definition) is 3. The molecule has 2 nitrogen and oxygen atoms in total. The molecule has 0 saturated heterocycles. The van der Waals surface area contributed by atoms with Crippen LogP contribution in [-0.4, -0.2) is 5.11 Å². The molecule has 0 radical (unpaired) electrons. The van der Waals surface area contributed by atoms with Gasteiger partial charge in [0.1, 0.15) is 0 Å². The fourth-order valence-corrected chi connectivity index (χ4v) is 3.01. The lowest BCUT2D eigenvalue weighted by Gasteiger charge is -2.07. The van der Waals surface area contributed by atoms with Crippen molar-refractivity contribution in [1.82, 2.24) is 0 Å². The van der Waals surface area contributed by atoms with Crippen molar-refractivity contribution in [1.29, 1.82) is 0 Å². The summed E-state index contributed by atoms with van der Waals surface area (Å²) in [5.41, 5.74) is 8.56. The third-order valence-corrected chi connectivity index (χ3v) is 3.84. The number of halogens is 1. The molecule has 1 aromatic carbocycles. The molecule has 2 aromatic rings. The average molecular weight is 272 g/mol. The summed E-state index contributed by atoms with van der Waals surface area (Å²) >= 11 is 5.05. The van der Waals surface area contributed by atoms with Crippen molar-refractivity contribution >= 4 is 43.0 Å². The number of thiophene rings is 1. The molecular weight excluding hydrogens is 262 g/mol. The molecule has 0 fully saturated rings. The van der Waals surface area contributed by atoms with Crippen LogP contribution in [0.15, 0.2) is 17.5 Å². The molecule has 0 unspecified atom stereocenters. The summed E-state index contributed by atoms with van der Waals surface area (Å²) in [6, 6.07) is 3.99. The summed E-state index contributed by atoms with van der Waals surface area (Å²) in [6.07, 6.45) is 0. The van der Waals surface area contributed by atoms with Gasteiger partial charge in [0.05, 0.1) is 6.61 Å². The number of benzene rings is 1. The van der Waals surface area contributed by atoms with Gasteiger partial charge in [-0.3, -0.25) is 0 Å². The maximum absolute atomic E-state index is 9.21. The Balaban J connectivity index is 2.81. The summed E-state index contributed by atoms with van der Waals surface area (Å²) in [6.45, 7) is 0.00537. The number of nitrogens with two attached hydrogens (primary N) is 1. The maximum Gasteiger partial charge on any atom is 0.0716 e. The van der Waals surface area contributed by atoms with E-state index in [2.05, 4.69) is 22.0 Å². The van der Waals surface area contributed by atoms with Gasteiger partial charge < -0.3 is 10.8 Å². The quantitative estimate of drug-likeness (QED) is 0.652. The molecule has 0 spiro atoms. The lowest BCUT2D eigenvalue weighted by molar-refractivity contribution is 0.284. The van der Waals surface area contributed by atoms with Crippen LogP contribution in [-0.2, 0) is 11.9 Å². The van der Waals surface area contributed by atoms with Crippen LogP contribution in [0.25, 0.3) is 10.1 Å². The Morgan fingerprint density at radius 1 is 1.50 bits per heavy atom. The third-order valence-electron chi connectivity index (χ3n) is 2.27. The first kappa shape index (κ1) is 9.96. The second-order valence-corrected chi connectivity index (χ2v) is 4.54. The summed E-state index contributed by atoms with van der Waals surface area (Å²) in [7, 11) is 0. The summed E-state index contributed by atoms with van der Waals surface area (Å²) in [5, 5.41) is 13.2. The number of fused-ring (bicyclic) bond motifs is 1. The van der Waals surface area contributed by atoms with Crippen molar-refractivity contribution < 1.29 is 5.11 Å². The minimum Gasteiger partial charge on any atom is -0.398 e. The van der Waals surface area contributed by atoms with Gasteiger partial charge in [-0.05, 0) is 28.5 Å². The standard InChI is InChI=1S/C10H10BrNOS/c11-4-6-3-9(12)8(5-13)10-7(6)1-2-14-10/h1-3,13H,4-5,12H2. The van der Waals surface area contributed by atoms with E-state index in [1.807, 2.05) is 11.4 Å². The van der Waals surface area contributed by atoms with E-state index in [4.69, 9.17) is 5.73 Å². The van der Waals surface area contributed by atoms with Gasteiger partial charge in [0.15, 0.2) is 0 Å². The highest BCUT2D eigenvalue weighted by Crippen LogP contribution is 2.33. The van der Waals surface area contributed by atoms with Crippen molar-refractivity contribution in [2.75, 3.05) is 5.73 Å². The van der Waals surface area contributed by atoms with Crippen LogP contribution < -0.4 is 5.73 Å². The Labute approximate surface area is 94.5 Å². The molecule has 0 bridgehead atoms. The monoisotopic (exact) mass is 271 g/mol. The zero-order chi connectivity index (χ0) is 10.1. The van der Waals surface area contributed by atoms with Crippen LogP contribution in [0.1, 0.15) is 11.1 Å². The Morgan fingerprint density at radius 2 is 2.29 bits per heavy atom. The maximum atomic E-state index is 9.21. The number of rotatable bonds is 2. The van der Waals surface area contributed by atoms with Gasteiger partial charge in [0.2, 0.25) is 0 Å². The molecule has 0 atom stereocenters. The molecular formula is C10H10BrNOS. The Morgan fingerprint density at radius 3 is 2.93 bits per heavy atom. The predicted octanol–water partition coefficient (Wildman–Crippen LogP) is 2.87. The van der Waals surface area contributed by atoms with E-state index in [1.54, 1.807) is 11.3 Å². The second kappa shape index (κ2) is 3.88. The Hall–Kier alpha value is -0.580. The lowest BCUT2D eigenvalue weighted by Crippen LogP contribution is -1.96. The topological polar surface area (TPSA) is 46.2 Å². The van der Waals surface area contributed by atoms with Crippen molar-refractivity contribution in [3.63, 3.8) is 0 Å². The van der Waals surface area contributed by atoms with Crippen LogP contribution >= 0.6 is 27.3 Å². The number of aliphatic hydroxyl groups is 1. The molecule has 3 N–H and O–H groups in total. The van der Waals surface area contributed by atoms with E-state index in [-0.39, 0.29) is 6.61 Å². The zero-order valence-corrected chi connectivity index (χ0v) is 9.86. The second-order valence-electron chi connectivity index (χ2n) is 3.06. The fourth-order valence-electron chi connectivity index (χ4n) is 1.55. The number of hydrogen-bond donors (Lipinski definition) is 2. The predicted molar refractivity (Wildman–Crippen MR) is 64.8 cm³/mol. The van der Waals surface area contributed by atoms with E-state index in [1.165, 1.54) is 10.9 Å². The minimum atomic E-state index is 0.00537. The van der Waals surface area contributed by atoms with Gasteiger partial charge in [0.25, 0.3) is 0 Å². The normalized spacial score (nSPS) is 11.0. The Bertz CT molecular complexity index is 466. The van der Waals surface area contributed by atoms with E-state index in [0.717, 1.165) is 15.6 Å². The molecule has 14 heavy (non-hydrogen) atoms. The lowest BCUT2D eigenvalue weighted by atomic mass is 10.1. The van der Waals surface area contributed by atoms with Crippen molar-refractivity contribution in [2.45, 2.75) is 11.9 Å². The molecule has 1 heterocycles. The SMILES string of the molecule is Nc1cc(CBr)c2ccsc2c1CO. The molecule has 0 aliphatic heterocycles. The summed E-state index contributed by atoms with van der Waals surface area (Å²) in [4.78, 5) is 0. The van der Waals surface area contributed by atoms with Gasteiger partial charge >= 0.3 is 0 Å². The van der Waals surface area contributed by atoms with E-state index in [9.17, 15) is 5.11 Å². The minimum absolute atomic E-state index is 0.00537.